The van der Waals surface area contributed by atoms with Gasteiger partial charge < -0.3 is 29.0 Å². The third kappa shape index (κ3) is 3.70. The number of amides is 1. The number of hydrogen-bond acceptors (Lipinski definition) is 6. The highest BCUT2D eigenvalue weighted by atomic mass is 16.7. The van der Waals surface area contributed by atoms with E-state index < -0.39 is 0 Å². The van der Waals surface area contributed by atoms with Gasteiger partial charge in [-0.05, 0) is 42.7 Å². The summed E-state index contributed by atoms with van der Waals surface area (Å²) in [6.07, 6.45) is 1.62. The average molecular weight is 399 g/mol. The first-order chi connectivity index (χ1) is 14.2. The number of carbonyl (C=O) groups excluding carboxylic acids is 1. The van der Waals surface area contributed by atoms with E-state index in [0.717, 1.165) is 29.9 Å². The van der Waals surface area contributed by atoms with Crippen molar-refractivity contribution in [1.29, 1.82) is 0 Å². The van der Waals surface area contributed by atoms with Crippen LogP contribution in [0.25, 0.3) is 0 Å². The SMILES string of the molecule is COc1cccc(C(=O)NCC2(c3ccc4c(c3)OCO4)CCOCC2)c1OC. The zero-order chi connectivity index (χ0) is 20.3. The van der Waals surface area contributed by atoms with E-state index in [9.17, 15) is 4.79 Å². The molecule has 1 saturated heterocycles. The predicted molar refractivity (Wildman–Crippen MR) is 106 cm³/mol. The number of nitrogens with one attached hydrogen (secondary N) is 1. The van der Waals surface area contributed by atoms with Gasteiger partial charge in [0.15, 0.2) is 23.0 Å². The van der Waals surface area contributed by atoms with Gasteiger partial charge in [0.25, 0.3) is 5.91 Å². The van der Waals surface area contributed by atoms with E-state index >= 15 is 0 Å². The smallest absolute Gasteiger partial charge is 0.255 e. The van der Waals surface area contributed by atoms with E-state index in [4.69, 9.17) is 23.7 Å². The van der Waals surface area contributed by atoms with Gasteiger partial charge in [0.1, 0.15) is 0 Å². The standard InChI is InChI=1S/C22H25NO6/c1-25-18-5-3-4-16(20(18)26-2)21(24)23-13-22(8-10-27-11-9-22)15-6-7-17-19(12-15)29-14-28-17/h3-7,12H,8-11,13-14H2,1-2H3,(H,23,24). The van der Waals surface area contributed by atoms with E-state index in [1.165, 1.54) is 7.11 Å². The van der Waals surface area contributed by atoms with Crippen LogP contribution in [0.15, 0.2) is 36.4 Å². The van der Waals surface area contributed by atoms with E-state index in [0.29, 0.717) is 36.8 Å². The molecule has 0 aromatic heterocycles. The fourth-order valence-corrected chi connectivity index (χ4v) is 3.97. The summed E-state index contributed by atoms with van der Waals surface area (Å²) in [6, 6.07) is 11.3. The van der Waals surface area contributed by atoms with E-state index in [-0.39, 0.29) is 18.1 Å². The Bertz CT molecular complexity index is 891. The third-order valence-corrected chi connectivity index (χ3v) is 5.67. The average Bonchev–Trinajstić information content (AvgIpc) is 3.25. The second-order valence-corrected chi connectivity index (χ2v) is 7.18. The van der Waals surface area contributed by atoms with Gasteiger partial charge in [-0.3, -0.25) is 4.79 Å². The van der Waals surface area contributed by atoms with Gasteiger partial charge in [0, 0.05) is 25.2 Å². The molecule has 0 aliphatic carbocycles. The molecular formula is C22H25NO6. The Labute approximate surface area is 169 Å². The second-order valence-electron chi connectivity index (χ2n) is 7.18. The summed E-state index contributed by atoms with van der Waals surface area (Å²) in [7, 11) is 3.08. The van der Waals surface area contributed by atoms with Crippen LogP contribution in [0.2, 0.25) is 0 Å². The Morgan fingerprint density at radius 3 is 2.62 bits per heavy atom. The summed E-state index contributed by atoms with van der Waals surface area (Å²) >= 11 is 0. The quantitative estimate of drug-likeness (QED) is 0.805. The minimum absolute atomic E-state index is 0.202. The zero-order valence-corrected chi connectivity index (χ0v) is 16.7. The third-order valence-electron chi connectivity index (χ3n) is 5.67. The van der Waals surface area contributed by atoms with Crippen LogP contribution < -0.4 is 24.3 Å². The van der Waals surface area contributed by atoms with Gasteiger partial charge in [-0.25, -0.2) is 0 Å². The molecule has 4 rings (SSSR count). The lowest BCUT2D eigenvalue weighted by Gasteiger charge is -2.38. The van der Waals surface area contributed by atoms with Crippen molar-refractivity contribution in [3.63, 3.8) is 0 Å². The van der Waals surface area contributed by atoms with Crippen molar-refractivity contribution in [1.82, 2.24) is 5.32 Å². The topological polar surface area (TPSA) is 75.3 Å². The molecule has 1 N–H and O–H groups in total. The Hall–Kier alpha value is -2.93. The summed E-state index contributed by atoms with van der Waals surface area (Å²) < 4.78 is 27.3. The summed E-state index contributed by atoms with van der Waals surface area (Å²) in [5, 5.41) is 3.10. The zero-order valence-electron chi connectivity index (χ0n) is 16.7. The lowest BCUT2D eigenvalue weighted by Crippen LogP contribution is -2.44. The van der Waals surface area contributed by atoms with Crippen LogP contribution in [0.3, 0.4) is 0 Å². The van der Waals surface area contributed by atoms with Crippen molar-refractivity contribution in [2.24, 2.45) is 0 Å². The first kappa shape index (κ1) is 19.4. The predicted octanol–water partition coefficient (Wildman–Crippen LogP) is 2.91. The number of fused-ring (bicyclic) bond motifs is 1. The molecule has 7 heteroatoms. The van der Waals surface area contributed by atoms with Crippen LogP contribution in [0, 0.1) is 0 Å². The van der Waals surface area contributed by atoms with Gasteiger partial charge in [-0.1, -0.05) is 12.1 Å². The number of para-hydroxylation sites is 1. The minimum Gasteiger partial charge on any atom is -0.493 e. The molecule has 2 heterocycles. The number of hydrogen-bond donors (Lipinski definition) is 1. The molecule has 0 atom stereocenters. The molecule has 7 nitrogen and oxygen atoms in total. The summed E-state index contributed by atoms with van der Waals surface area (Å²) in [5.41, 5.74) is 1.32. The molecule has 2 aliphatic heterocycles. The van der Waals surface area contributed by atoms with Crippen molar-refractivity contribution >= 4 is 5.91 Å². The van der Waals surface area contributed by atoms with Crippen molar-refractivity contribution in [3.05, 3.63) is 47.5 Å². The molecule has 154 valence electrons. The number of methoxy groups -OCH3 is 2. The van der Waals surface area contributed by atoms with E-state index in [2.05, 4.69) is 11.4 Å². The second kappa shape index (κ2) is 8.21. The van der Waals surface area contributed by atoms with Gasteiger partial charge >= 0.3 is 0 Å². The van der Waals surface area contributed by atoms with Gasteiger partial charge in [-0.15, -0.1) is 0 Å². The molecule has 0 radical (unpaired) electrons. The maximum absolute atomic E-state index is 13.0. The highest BCUT2D eigenvalue weighted by Gasteiger charge is 2.36. The molecule has 1 amide bonds. The molecule has 1 fully saturated rings. The molecule has 2 aromatic rings. The molecule has 2 aliphatic rings. The monoisotopic (exact) mass is 399 g/mol. The normalized spacial score (nSPS) is 16.9. The largest absolute Gasteiger partial charge is 0.493 e. The van der Waals surface area contributed by atoms with Crippen LogP contribution in [0.5, 0.6) is 23.0 Å². The lowest BCUT2D eigenvalue weighted by molar-refractivity contribution is 0.0486. The van der Waals surface area contributed by atoms with Crippen LogP contribution in [-0.2, 0) is 10.2 Å². The number of ether oxygens (including phenoxy) is 5. The van der Waals surface area contributed by atoms with Crippen molar-refractivity contribution < 1.29 is 28.5 Å². The molecule has 29 heavy (non-hydrogen) atoms. The summed E-state index contributed by atoms with van der Waals surface area (Å²) in [4.78, 5) is 13.0. The van der Waals surface area contributed by atoms with Gasteiger partial charge in [0.05, 0.1) is 19.8 Å². The fourth-order valence-electron chi connectivity index (χ4n) is 3.97. The number of carbonyl (C=O) groups is 1. The lowest BCUT2D eigenvalue weighted by atomic mass is 9.74. The van der Waals surface area contributed by atoms with Crippen LogP contribution in [-0.4, -0.2) is 46.7 Å². The fraction of sp³-hybridized carbons (Fsp3) is 0.409. The molecule has 0 spiro atoms. The summed E-state index contributed by atoms with van der Waals surface area (Å²) in [5.74, 6) is 2.25. The van der Waals surface area contributed by atoms with Crippen LogP contribution in [0.4, 0.5) is 0 Å². The van der Waals surface area contributed by atoms with Gasteiger partial charge in [0.2, 0.25) is 6.79 Å². The Kier molecular flexibility index (Phi) is 5.49. The van der Waals surface area contributed by atoms with E-state index in [1.54, 1.807) is 25.3 Å². The van der Waals surface area contributed by atoms with Crippen molar-refractivity contribution in [2.45, 2.75) is 18.3 Å². The number of rotatable bonds is 6. The first-order valence-corrected chi connectivity index (χ1v) is 9.64. The summed E-state index contributed by atoms with van der Waals surface area (Å²) in [6.45, 7) is 2.01. The highest BCUT2D eigenvalue weighted by Crippen LogP contribution is 2.40. The van der Waals surface area contributed by atoms with Gasteiger partial charge in [-0.2, -0.15) is 0 Å². The molecule has 0 unspecified atom stereocenters. The molecule has 0 bridgehead atoms. The van der Waals surface area contributed by atoms with E-state index in [1.807, 2.05) is 12.1 Å². The van der Waals surface area contributed by atoms with Crippen LogP contribution >= 0.6 is 0 Å². The number of benzene rings is 2. The van der Waals surface area contributed by atoms with Crippen molar-refractivity contribution in [2.75, 3.05) is 40.8 Å². The Morgan fingerprint density at radius 1 is 1.07 bits per heavy atom. The molecular weight excluding hydrogens is 374 g/mol. The Balaban J connectivity index is 1.58. The maximum Gasteiger partial charge on any atom is 0.255 e. The van der Waals surface area contributed by atoms with Crippen molar-refractivity contribution in [3.8, 4) is 23.0 Å². The minimum atomic E-state index is -0.235. The molecule has 2 aromatic carbocycles. The molecule has 0 saturated carbocycles. The highest BCUT2D eigenvalue weighted by molar-refractivity contribution is 5.97. The Morgan fingerprint density at radius 2 is 1.86 bits per heavy atom. The first-order valence-electron chi connectivity index (χ1n) is 9.64. The van der Waals surface area contributed by atoms with Crippen LogP contribution in [0.1, 0.15) is 28.8 Å². The maximum atomic E-state index is 13.0.